The van der Waals surface area contributed by atoms with Crippen LogP contribution in [0.3, 0.4) is 0 Å². The molecule has 1 aromatic rings. The summed E-state index contributed by atoms with van der Waals surface area (Å²) in [5.41, 5.74) is 1.07. The van der Waals surface area contributed by atoms with Gasteiger partial charge in [-0.3, -0.25) is 4.79 Å². The summed E-state index contributed by atoms with van der Waals surface area (Å²) in [6.45, 7) is 8.64. The van der Waals surface area contributed by atoms with Gasteiger partial charge in [0.15, 0.2) is 5.43 Å². The van der Waals surface area contributed by atoms with Gasteiger partial charge in [0.05, 0.1) is 6.10 Å². The largest absolute Gasteiger partial charge is 0.393 e. The molecule has 0 spiro atoms. The quantitative estimate of drug-likeness (QED) is 0.846. The average molecular weight is 263 g/mol. The van der Waals surface area contributed by atoms with Crippen LogP contribution in [0, 0.1) is 18.3 Å². The SMILES string of the molecule is Cc1cn(C2CC(O)CCC2C(C)(C)C)ccc1=O. The van der Waals surface area contributed by atoms with E-state index in [1.54, 1.807) is 6.07 Å². The number of aliphatic hydroxyl groups excluding tert-OH is 1. The molecule has 2 rings (SSSR count). The topological polar surface area (TPSA) is 42.2 Å². The molecule has 0 bridgehead atoms. The van der Waals surface area contributed by atoms with E-state index >= 15 is 0 Å². The van der Waals surface area contributed by atoms with Crippen molar-refractivity contribution in [1.82, 2.24) is 4.57 Å². The Bertz CT molecular complexity index is 498. The molecule has 0 amide bonds. The van der Waals surface area contributed by atoms with E-state index in [0.717, 1.165) is 24.8 Å². The first-order valence-corrected chi connectivity index (χ1v) is 7.15. The molecule has 0 aliphatic heterocycles. The summed E-state index contributed by atoms with van der Waals surface area (Å²) < 4.78 is 2.13. The van der Waals surface area contributed by atoms with E-state index in [2.05, 4.69) is 25.3 Å². The fourth-order valence-electron chi connectivity index (χ4n) is 3.29. The van der Waals surface area contributed by atoms with Crippen LogP contribution in [0.1, 0.15) is 51.6 Å². The number of aryl methyl sites for hydroxylation is 1. The minimum Gasteiger partial charge on any atom is -0.393 e. The lowest BCUT2D eigenvalue weighted by molar-refractivity contribution is 0.0297. The molecular weight excluding hydrogens is 238 g/mol. The zero-order chi connectivity index (χ0) is 14.2. The van der Waals surface area contributed by atoms with E-state index in [1.807, 2.05) is 19.3 Å². The summed E-state index contributed by atoms with van der Waals surface area (Å²) in [5, 5.41) is 9.97. The Balaban J connectivity index is 2.36. The molecule has 106 valence electrons. The summed E-state index contributed by atoms with van der Waals surface area (Å²) in [7, 11) is 0. The highest BCUT2D eigenvalue weighted by Gasteiger charge is 2.37. The second-order valence-electron chi connectivity index (χ2n) is 6.95. The molecule has 0 aromatic carbocycles. The van der Waals surface area contributed by atoms with Crippen LogP contribution in [0.25, 0.3) is 0 Å². The minimum absolute atomic E-state index is 0.0833. The third kappa shape index (κ3) is 3.08. The van der Waals surface area contributed by atoms with Crippen LogP contribution in [0.2, 0.25) is 0 Å². The number of aromatic nitrogens is 1. The highest BCUT2D eigenvalue weighted by atomic mass is 16.3. The van der Waals surface area contributed by atoms with Crippen LogP contribution >= 0.6 is 0 Å². The highest BCUT2D eigenvalue weighted by Crippen LogP contribution is 2.44. The molecule has 3 unspecified atom stereocenters. The molecule has 1 aliphatic carbocycles. The zero-order valence-electron chi connectivity index (χ0n) is 12.4. The van der Waals surface area contributed by atoms with Gasteiger partial charge in [-0.15, -0.1) is 0 Å². The van der Waals surface area contributed by atoms with Crippen molar-refractivity contribution < 1.29 is 5.11 Å². The lowest BCUT2D eigenvalue weighted by atomic mass is 9.69. The van der Waals surface area contributed by atoms with Gasteiger partial charge in [0.1, 0.15) is 0 Å². The van der Waals surface area contributed by atoms with Gasteiger partial charge in [0.2, 0.25) is 0 Å². The monoisotopic (exact) mass is 263 g/mol. The van der Waals surface area contributed by atoms with Crippen molar-refractivity contribution in [2.75, 3.05) is 0 Å². The maximum absolute atomic E-state index is 11.5. The Kier molecular flexibility index (Phi) is 3.86. The van der Waals surface area contributed by atoms with E-state index < -0.39 is 0 Å². The summed E-state index contributed by atoms with van der Waals surface area (Å²) >= 11 is 0. The first-order chi connectivity index (χ1) is 8.79. The van der Waals surface area contributed by atoms with Crippen molar-refractivity contribution in [2.45, 2.75) is 59.1 Å². The standard InChI is InChI=1S/C16H25NO2/c1-11-10-17(8-7-15(11)19)14-9-12(18)5-6-13(14)16(2,3)4/h7-8,10,12-14,18H,5-6,9H2,1-4H3. The third-order valence-electron chi connectivity index (χ3n) is 4.41. The maximum Gasteiger partial charge on any atom is 0.184 e. The van der Waals surface area contributed by atoms with E-state index in [4.69, 9.17) is 0 Å². The van der Waals surface area contributed by atoms with Crippen molar-refractivity contribution in [3.05, 3.63) is 34.2 Å². The zero-order valence-corrected chi connectivity index (χ0v) is 12.4. The van der Waals surface area contributed by atoms with Crippen LogP contribution in [0.5, 0.6) is 0 Å². The van der Waals surface area contributed by atoms with Gasteiger partial charge >= 0.3 is 0 Å². The number of nitrogens with zero attached hydrogens (tertiary/aromatic N) is 1. The normalized spacial score (nSPS) is 28.4. The van der Waals surface area contributed by atoms with E-state index in [1.165, 1.54) is 0 Å². The molecule has 1 aromatic heterocycles. The number of hydrogen-bond donors (Lipinski definition) is 1. The maximum atomic E-state index is 11.5. The summed E-state index contributed by atoms with van der Waals surface area (Å²) in [4.78, 5) is 11.5. The smallest absolute Gasteiger partial charge is 0.184 e. The number of hydrogen-bond acceptors (Lipinski definition) is 2. The van der Waals surface area contributed by atoms with Crippen LogP contribution in [-0.4, -0.2) is 15.8 Å². The van der Waals surface area contributed by atoms with Crippen LogP contribution in [-0.2, 0) is 0 Å². The molecule has 3 heteroatoms. The van der Waals surface area contributed by atoms with Gasteiger partial charge in [-0.2, -0.15) is 0 Å². The molecule has 0 saturated heterocycles. The van der Waals surface area contributed by atoms with Crippen molar-refractivity contribution >= 4 is 0 Å². The van der Waals surface area contributed by atoms with E-state index in [0.29, 0.717) is 5.92 Å². The minimum atomic E-state index is -0.219. The second kappa shape index (κ2) is 5.12. The average Bonchev–Trinajstić information content (AvgIpc) is 2.31. The van der Waals surface area contributed by atoms with Crippen LogP contribution in [0.15, 0.2) is 23.3 Å². The third-order valence-corrected chi connectivity index (χ3v) is 4.41. The first-order valence-electron chi connectivity index (χ1n) is 7.15. The van der Waals surface area contributed by atoms with Gasteiger partial charge < -0.3 is 9.67 Å². The summed E-state index contributed by atoms with van der Waals surface area (Å²) in [6.07, 6.45) is 6.30. The molecule has 1 fully saturated rings. The van der Waals surface area contributed by atoms with Crippen LogP contribution < -0.4 is 5.43 Å². The van der Waals surface area contributed by atoms with E-state index in [-0.39, 0.29) is 23.0 Å². The Morgan fingerprint density at radius 1 is 1.32 bits per heavy atom. The molecular formula is C16H25NO2. The number of rotatable bonds is 1. The van der Waals surface area contributed by atoms with Gasteiger partial charge in [0.25, 0.3) is 0 Å². The van der Waals surface area contributed by atoms with Crippen molar-refractivity contribution in [2.24, 2.45) is 11.3 Å². The Morgan fingerprint density at radius 2 is 2.00 bits per heavy atom. The van der Waals surface area contributed by atoms with Crippen LogP contribution in [0.4, 0.5) is 0 Å². The summed E-state index contributed by atoms with van der Waals surface area (Å²) in [5.74, 6) is 0.526. The molecule has 1 heterocycles. The highest BCUT2D eigenvalue weighted by molar-refractivity contribution is 5.09. The number of aliphatic hydroxyl groups is 1. The summed E-state index contributed by atoms with van der Waals surface area (Å²) in [6, 6.07) is 1.92. The first kappa shape index (κ1) is 14.3. The fourth-order valence-corrected chi connectivity index (χ4v) is 3.29. The fraction of sp³-hybridized carbons (Fsp3) is 0.688. The molecule has 1 aliphatic rings. The molecule has 1 saturated carbocycles. The lowest BCUT2D eigenvalue weighted by Gasteiger charge is -2.43. The lowest BCUT2D eigenvalue weighted by Crippen LogP contribution is -2.37. The Labute approximate surface area is 115 Å². The molecule has 3 nitrogen and oxygen atoms in total. The van der Waals surface area contributed by atoms with Crippen molar-refractivity contribution in [3.63, 3.8) is 0 Å². The Hall–Kier alpha value is -1.09. The van der Waals surface area contributed by atoms with Crippen molar-refractivity contribution in [3.8, 4) is 0 Å². The molecule has 19 heavy (non-hydrogen) atoms. The Morgan fingerprint density at radius 3 is 2.58 bits per heavy atom. The van der Waals surface area contributed by atoms with Gasteiger partial charge in [-0.05, 0) is 37.5 Å². The van der Waals surface area contributed by atoms with E-state index in [9.17, 15) is 9.90 Å². The molecule has 0 radical (unpaired) electrons. The van der Waals surface area contributed by atoms with Gasteiger partial charge in [-0.25, -0.2) is 0 Å². The number of pyridine rings is 1. The second-order valence-corrected chi connectivity index (χ2v) is 6.95. The predicted molar refractivity (Wildman–Crippen MR) is 77.3 cm³/mol. The van der Waals surface area contributed by atoms with Crippen molar-refractivity contribution in [1.29, 1.82) is 0 Å². The predicted octanol–water partition coefficient (Wildman–Crippen LogP) is 2.90. The van der Waals surface area contributed by atoms with Gasteiger partial charge in [0, 0.05) is 30.1 Å². The molecule has 3 atom stereocenters. The van der Waals surface area contributed by atoms with Gasteiger partial charge in [-0.1, -0.05) is 20.8 Å². The molecule has 1 N–H and O–H groups in total.